The molecule has 3 heteroatoms. The van der Waals surface area contributed by atoms with Crippen LogP contribution in [-0.4, -0.2) is 24.3 Å². The molecule has 0 radical (unpaired) electrons. The summed E-state index contributed by atoms with van der Waals surface area (Å²) in [7, 11) is 2.12. The average molecular weight is 245 g/mol. The van der Waals surface area contributed by atoms with Crippen LogP contribution in [0.5, 0.6) is 0 Å². The number of hydrogen-bond donors (Lipinski definition) is 1. The highest BCUT2D eigenvalue weighted by Gasteiger charge is 2.24. The molecular formula is C15H19NO2. The molecule has 0 spiro atoms. The molecule has 0 bridgehead atoms. The van der Waals surface area contributed by atoms with Gasteiger partial charge in [0.2, 0.25) is 0 Å². The molecule has 3 nitrogen and oxygen atoms in total. The van der Waals surface area contributed by atoms with E-state index in [0.717, 1.165) is 37.0 Å². The molecule has 3 rings (SSSR count). The van der Waals surface area contributed by atoms with Gasteiger partial charge < -0.3 is 14.4 Å². The van der Waals surface area contributed by atoms with Crippen LogP contribution < -0.4 is 4.90 Å². The number of benzene rings is 1. The summed E-state index contributed by atoms with van der Waals surface area (Å²) in [4.78, 5) is 2.30. The van der Waals surface area contributed by atoms with Crippen LogP contribution in [0.15, 0.2) is 34.9 Å². The van der Waals surface area contributed by atoms with Crippen molar-refractivity contribution >= 4 is 16.7 Å². The summed E-state index contributed by atoms with van der Waals surface area (Å²) < 4.78 is 5.59. The second-order valence-electron chi connectivity index (χ2n) is 5.19. The summed E-state index contributed by atoms with van der Waals surface area (Å²) >= 11 is 0. The standard InChI is InChI=1S/C15H19NO2/c1-16(11-6-8-12(17)9-7-11)14-10-18-15-5-3-2-4-13(14)15/h2-5,10-12,17H,6-9H2,1H3. The predicted molar refractivity (Wildman–Crippen MR) is 72.9 cm³/mol. The summed E-state index contributed by atoms with van der Waals surface area (Å²) in [5, 5.41) is 10.7. The van der Waals surface area contributed by atoms with Crippen LogP contribution in [0, 0.1) is 0 Å². The molecule has 0 unspecified atom stereocenters. The Morgan fingerprint density at radius 2 is 1.89 bits per heavy atom. The van der Waals surface area contributed by atoms with Crippen molar-refractivity contribution in [3.05, 3.63) is 30.5 Å². The fourth-order valence-corrected chi connectivity index (χ4v) is 2.88. The van der Waals surface area contributed by atoms with Crippen molar-refractivity contribution in [3.8, 4) is 0 Å². The quantitative estimate of drug-likeness (QED) is 0.883. The molecule has 1 aliphatic rings. The molecule has 1 aliphatic carbocycles. The van der Waals surface area contributed by atoms with Gasteiger partial charge in [0.25, 0.3) is 0 Å². The van der Waals surface area contributed by atoms with Crippen molar-refractivity contribution in [1.82, 2.24) is 0 Å². The highest BCUT2D eigenvalue weighted by Crippen LogP contribution is 2.32. The second kappa shape index (κ2) is 4.65. The molecule has 0 atom stereocenters. The molecule has 18 heavy (non-hydrogen) atoms. The zero-order valence-corrected chi connectivity index (χ0v) is 10.7. The third kappa shape index (κ3) is 1.99. The van der Waals surface area contributed by atoms with E-state index in [1.165, 1.54) is 5.39 Å². The maximum atomic E-state index is 9.57. The Balaban J connectivity index is 1.85. The zero-order chi connectivity index (χ0) is 12.5. The Labute approximate surface area is 107 Å². The van der Waals surface area contributed by atoms with Gasteiger partial charge in [0.05, 0.1) is 11.8 Å². The summed E-state index contributed by atoms with van der Waals surface area (Å²) in [5.41, 5.74) is 2.10. The smallest absolute Gasteiger partial charge is 0.136 e. The van der Waals surface area contributed by atoms with Gasteiger partial charge in [-0.1, -0.05) is 12.1 Å². The van der Waals surface area contributed by atoms with E-state index in [4.69, 9.17) is 4.42 Å². The number of furan rings is 1. The van der Waals surface area contributed by atoms with E-state index in [0.29, 0.717) is 6.04 Å². The van der Waals surface area contributed by atoms with E-state index in [1.54, 1.807) is 0 Å². The summed E-state index contributed by atoms with van der Waals surface area (Å²) in [6, 6.07) is 8.64. The second-order valence-corrected chi connectivity index (χ2v) is 5.19. The fraction of sp³-hybridized carbons (Fsp3) is 0.467. The van der Waals surface area contributed by atoms with Crippen LogP contribution >= 0.6 is 0 Å². The number of nitrogens with zero attached hydrogens (tertiary/aromatic N) is 1. The van der Waals surface area contributed by atoms with E-state index < -0.39 is 0 Å². The number of aliphatic hydroxyl groups excluding tert-OH is 1. The lowest BCUT2D eigenvalue weighted by atomic mass is 9.92. The van der Waals surface area contributed by atoms with Gasteiger partial charge in [0, 0.05) is 18.5 Å². The largest absolute Gasteiger partial charge is 0.462 e. The Hall–Kier alpha value is -1.48. The van der Waals surface area contributed by atoms with E-state index >= 15 is 0 Å². The number of para-hydroxylation sites is 1. The van der Waals surface area contributed by atoms with E-state index in [9.17, 15) is 5.11 Å². The van der Waals surface area contributed by atoms with Crippen LogP contribution in [0.2, 0.25) is 0 Å². The maximum Gasteiger partial charge on any atom is 0.136 e. The molecule has 0 amide bonds. The third-order valence-electron chi connectivity index (χ3n) is 4.05. The van der Waals surface area contributed by atoms with E-state index in [-0.39, 0.29) is 6.10 Å². The Bertz CT molecular complexity index is 526. The van der Waals surface area contributed by atoms with Gasteiger partial charge in [-0.15, -0.1) is 0 Å². The number of aliphatic hydroxyl groups is 1. The lowest BCUT2D eigenvalue weighted by molar-refractivity contribution is 0.122. The Morgan fingerprint density at radius 3 is 2.67 bits per heavy atom. The van der Waals surface area contributed by atoms with Crippen molar-refractivity contribution < 1.29 is 9.52 Å². The molecule has 1 aromatic heterocycles. The average Bonchev–Trinajstić information content (AvgIpc) is 2.82. The zero-order valence-electron chi connectivity index (χ0n) is 10.7. The molecule has 1 aromatic carbocycles. The molecular weight excluding hydrogens is 226 g/mol. The van der Waals surface area contributed by atoms with Crippen LogP contribution in [-0.2, 0) is 0 Å². The SMILES string of the molecule is CN(c1coc2ccccc12)C1CCC(O)CC1. The molecule has 1 N–H and O–H groups in total. The third-order valence-corrected chi connectivity index (χ3v) is 4.05. The van der Waals surface area contributed by atoms with Gasteiger partial charge in [-0.25, -0.2) is 0 Å². The van der Waals surface area contributed by atoms with Crippen molar-refractivity contribution in [2.75, 3.05) is 11.9 Å². The molecule has 1 heterocycles. The van der Waals surface area contributed by atoms with Gasteiger partial charge in [-0.3, -0.25) is 0 Å². The molecule has 0 aliphatic heterocycles. The lowest BCUT2D eigenvalue weighted by Crippen LogP contribution is -2.36. The van der Waals surface area contributed by atoms with Crippen LogP contribution in [0.3, 0.4) is 0 Å². The van der Waals surface area contributed by atoms with Gasteiger partial charge in [-0.05, 0) is 37.8 Å². The molecule has 96 valence electrons. The van der Waals surface area contributed by atoms with E-state index in [2.05, 4.69) is 18.0 Å². The van der Waals surface area contributed by atoms with Crippen molar-refractivity contribution in [3.63, 3.8) is 0 Å². The Morgan fingerprint density at radius 1 is 1.17 bits per heavy atom. The van der Waals surface area contributed by atoms with Gasteiger partial charge >= 0.3 is 0 Å². The van der Waals surface area contributed by atoms with Crippen LogP contribution in [0.25, 0.3) is 11.0 Å². The van der Waals surface area contributed by atoms with Crippen molar-refractivity contribution in [2.24, 2.45) is 0 Å². The molecule has 1 fully saturated rings. The summed E-state index contributed by atoms with van der Waals surface area (Å²) in [6.07, 6.45) is 5.66. The van der Waals surface area contributed by atoms with Gasteiger partial charge in [0.1, 0.15) is 11.8 Å². The number of fused-ring (bicyclic) bond motifs is 1. The topological polar surface area (TPSA) is 36.6 Å². The lowest BCUT2D eigenvalue weighted by Gasteiger charge is -2.33. The first-order valence-electron chi connectivity index (χ1n) is 6.63. The summed E-state index contributed by atoms with van der Waals surface area (Å²) in [6.45, 7) is 0. The van der Waals surface area contributed by atoms with Crippen LogP contribution in [0.1, 0.15) is 25.7 Å². The fourth-order valence-electron chi connectivity index (χ4n) is 2.88. The maximum absolute atomic E-state index is 9.57. The highest BCUT2D eigenvalue weighted by atomic mass is 16.3. The number of rotatable bonds is 2. The monoisotopic (exact) mass is 245 g/mol. The van der Waals surface area contributed by atoms with Gasteiger partial charge in [-0.2, -0.15) is 0 Å². The molecule has 1 saturated carbocycles. The summed E-state index contributed by atoms with van der Waals surface area (Å²) in [5.74, 6) is 0. The van der Waals surface area contributed by atoms with Crippen LogP contribution in [0.4, 0.5) is 5.69 Å². The first-order valence-corrected chi connectivity index (χ1v) is 6.63. The minimum atomic E-state index is -0.101. The number of hydrogen-bond acceptors (Lipinski definition) is 3. The highest BCUT2D eigenvalue weighted by molar-refractivity contribution is 5.90. The Kier molecular flexibility index (Phi) is 3.00. The minimum absolute atomic E-state index is 0.101. The first kappa shape index (κ1) is 11.6. The van der Waals surface area contributed by atoms with E-state index in [1.807, 2.05) is 24.5 Å². The first-order chi connectivity index (χ1) is 8.75. The number of anilines is 1. The van der Waals surface area contributed by atoms with Crippen molar-refractivity contribution in [2.45, 2.75) is 37.8 Å². The molecule has 0 saturated heterocycles. The molecule has 2 aromatic rings. The van der Waals surface area contributed by atoms with Crippen molar-refractivity contribution in [1.29, 1.82) is 0 Å². The van der Waals surface area contributed by atoms with Gasteiger partial charge in [0.15, 0.2) is 0 Å². The minimum Gasteiger partial charge on any atom is -0.462 e. The predicted octanol–water partition coefficient (Wildman–Crippen LogP) is 3.17. The normalized spacial score (nSPS) is 24.3.